The Labute approximate surface area is 277 Å². The predicted molar refractivity (Wildman–Crippen MR) is 177 cm³/mol. The zero-order valence-electron chi connectivity index (χ0n) is 26.9. The van der Waals surface area contributed by atoms with E-state index in [1.165, 1.54) is 12.1 Å². The van der Waals surface area contributed by atoms with Gasteiger partial charge in [-0.1, -0.05) is 44.7 Å². The van der Waals surface area contributed by atoms with Crippen molar-refractivity contribution < 1.29 is 34.1 Å². The van der Waals surface area contributed by atoms with Crippen molar-refractivity contribution in [1.29, 1.82) is 0 Å². The zero-order chi connectivity index (χ0) is 32.0. The minimum absolute atomic E-state index is 0. The summed E-state index contributed by atoms with van der Waals surface area (Å²) in [7, 11) is 0. The third kappa shape index (κ3) is 7.78. The maximum Gasteiger partial charge on any atom is 0.335 e. The average molecular weight is 658 g/mol. The number of rotatable bonds is 12. The van der Waals surface area contributed by atoms with Gasteiger partial charge in [-0.3, -0.25) is 14.5 Å². The lowest BCUT2D eigenvalue weighted by Gasteiger charge is -2.52. The predicted octanol–water partition coefficient (Wildman–Crippen LogP) is 5.40. The second-order valence-electron chi connectivity index (χ2n) is 12.6. The molecule has 11 heteroatoms. The van der Waals surface area contributed by atoms with Crippen molar-refractivity contribution in [2.45, 2.75) is 95.9 Å². The van der Waals surface area contributed by atoms with Crippen molar-refractivity contribution in [2.24, 2.45) is 5.92 Å². The molecule has 1 aliphatic carbocycles. The zero-order valence-corrected chi connectivity index (χ0v) is 27.7. The van der Waals surface area contributed by atoms with Crippen molar-refractivity contribution in [3.63, 3.8) is 0 Å². The standard InChI is InChI=1S/C35H47N3O7.ClH/c1-3-5-19-38-32(40)30(31(39)25-9-7-6-8-10-25)36-34(43)35(38)17-20-37(21-18-35)23-24-11-14-27(15-12-24)45-28-16-13-26(33(41)42)22-29(28)44-4-2;/h11-16,22,25,30-31,39H,3-10,17-21,23H2,1-2H3,(H,36,43)(H,41,42);1H/t30-,31-;/m1./s1. The quantitative estimate of drug-likeness (QED) is 0.277. The van der Waals surface area contributed by atoms with E-state index < -0.39 is 23.7 Å². The molecule has 2 aliphatic heterocycles. The first-order valence-electron chi connectivity index (χ1n) is 16.6. The van der Waals surface area contributed by atoms with Crippen LogP contribution in [0.1, 0.15) is 87.6 Å². The molecule has 0 aromatic heterocycles. The normalized spacial score (nSPS) is 20.9. The number of amides is 2. The van der Waals surface area contributed by atoms with Gasteiger partial charge in [0, 0.05) is 26.2 Å². The number of carbonyl (C=O) groups excluding carboxylic acids is 2. The molecule has 3 aliphatic rings. The molecule has 2 aromatic rings. The Morgan fingerprint density at radius 3 is 2.35 bits per heavy atom. The fraction of sp³-hybridized carbons (Fsp3) is 0.571. The van der Waals surface area contributed by atoms with Crippen molar-refractivity contribution in [3.05, 3.63) is 53.6 Å². The number of benzene rings is 2. The van der Waals surface area contributed by atoms with Crippen LogP contribution in [-0.4, -0.2) is 81.7 Å². The number of piperidine rings is 1. The smallest absolute Gasteiger partial charge is 0.335 e. The highest BCUT2D eigenvalue weighted by atomic mass is 35.5. The van der Waals surface area contributed by atoms with E-state index in [9.17, 15) is 24.6 Å². The summed E-state index contributed by atoms with van der Waals surface area (Å²) in [4.78, 5) is 43.1. The number of piperazine rings is 1. The van der Waals surface area contributed by atoms with Gasteiger partial charge < -0.3 is 29.9 Å². The van der Waals surface area contributed by atoms with E-state index in [-0.39, 0.29) is 35.7 Å². The van der Waals surface area contributed by atoms with Crippen LogP contribution < -0.4 is 14.8 Å². The molecule has 2 amide bonds. The summed E-state index contributed by atoms with van der Waals surface area (Å²) in [5, 5.41) is 23.5. The molecule has 0 bridgehead atoms. The molecule has 5 rings (SSSR count). The van der Waals surface area contributed by atoms with Crippen molar-refractivity contribution in [3.8, 4) is 17.2 Å². The molecule has 1 saturated carbocycles. The monoisotopic (exact) mass is 657 g/mol. The molecule has 2 saturated heterocycles. The number of ether oxygens (including phenoxy) is 2. The maximum atomic E-state index is 13.9. The van der Waals surface area contributed by atoms with Crippen LogP contribution in [0.15, 0.2) is 42.5 Å². The van der Waals surface area contributed by atoms with E-state index in [4.69, 9.17) is 9.47 Å². The topological polar surface area (TPSA) is 129 Å². The van der Waals surface area contributed by atoms with Gasteiger partial charge in [-0.05, 0) is 80.8 Å². The highest BCUT2D eigenvalue weighted by molar-refractivity contribution is 6.00. The summed E-state index contributed by atoms with van der Waals surface area (Å²) in [5.74, 6) is 0.191. The third-order valence-electron chi connectivity index (χ3n) is 9.70. The Balaban J connectivity index is 0.00000480. The van der Waals surface area contributed by atoms with Crippen LogP contribution in [0.3, 0.4) is 0 Å². The summed E-state index contributed by atoms with van der Waals surface area (Å²) < 4.78 is 11.6. The molecule has 2 atom stereocenters. The molecule has 2 heterocycles. The summed E-state index contributed by atoms with van der Waals surface area (Å²) in [6, 6.07) is 11.4. The molecule has 252 valence electrons. The molecular weight excluding hydrogens is 610 g/mol. The lowest BCUT2D eigenvalue weighted by molar-refractivity contribution is -0.166. The van der Waals surface area contributed by atoms with Gasteiger partial charge in [-0.15, -0.1) is 12.4 Å². The number of nitrogens with zero attached hydrogens (tertiary/aromatic N) is 2. The van der Waals surface area contributed by atoms with Gasteiger partial charge in [-0.2, -0.15) is 0 Å². The maximum absolute atomic E-state index is 13.9. The number of halogens is 1. The molecule has 46 heavy (non-hydrogen) atoms. The van der Waals surface area contributed by atoms with Gasteiger partial charge in [0.1, 0.15) is 17.3 Å². The summed E-state index contributed by atoms with van der Waals surface area (Å²) in [6.07, 6.45) is 7.08. The van der Waals surface area contributed by atoms with Crippen molar-refractivity contribution in [1.82, 2.24) is 15.1 Å². The first kappa shape index (κ1) is 35.5. The first-order chi connectivity index (χ1) is 21.8. The van der Waals surface area contributed by atoms with Gasteiger partial charge in [-0.25, -0.2) is 4.79 Å². The van der Waals surface area contributed by atoms with Gasteiger partial charge in [0.2, 0.25) is 11.8 Å². The fourth-order valence-electron chi connectivity index (χ4n) is 7.08. The van der Waals surface area contributed by atoms with E-state index in [2.05, 4.69) is 17.1 Å². The van der Waals surface area contributed by atoms with Crippen molar-refractivity contribution >= 4 is 30.2 Å². The van der Waals surface area contributed by atoms with Gasteiger partial charge >= 0.3 is 5.97 Å². The molecule has 3 fully saturated rings. The number of carboxylic acid groups (broad SMARTS) is 1. The lowest BCUT2D eigenvalue weighted by Crippen LogP contribution is -2.75. The van der Waals surface area contributed by atoms with Crippen LogP contribution in [0.25, 0.3) is 0 Å². The minimum atomic E-state index is -1.03. The molecule has 3 N–H and O–H groups in total. The Kier molecular flexibility index (Phi) is 12.3. The van der Waals surface area contributed by atoms with Gasteiger partial charge in [0.15, 0.2) is 11.5 Å². The van der Waals surface area contributed by atoms with E-state index >= 15 is 0 Å². The number of aliphatic hydroxyl groups excluding tert-OH is 1. The van der Waals surface area contributed by atoms with E-state index in [1.54, 1.807) is 6.07 Å². The largest absolute Gasteiger partial charge is 0.490 e. The number of hydrogen-bond acceptors (Lipinski definition) is 7. The number of hydrogen-bond donors (Lipinski definition) is 3. The number of nitrogens with one attached hydrogen (secondary N) is 1. The SMILES string of the molecule is CCCCN1C(=O)[C@@H]([C@H](O)C2CCCCC2)NC(=O)C12CCN(Cc1ccc(Oc3ccc(C(=O)O)cc3OCC)cc1)CC2.Cl. The number of carbonyl (C=O) groups is 3. The highest BCUT2D eigenvalue weighted by Crippen LogP contribution is 2.37. The second-order valence-corrected chi connectivity index (χ2v) is 12.6. The fourth-order valence-corrected chi connectivity index (χ4v) is 7.08. The highest BCUT2D eigenvalue weighted by Gasteiger charge is 2.55. The molecular formula is C35H48ClN3O7. The lowest BCUT2D eigenvalue weighted by atomic mass is 9.78. The van der Waals surface area contributed by atoms with E-state index in [0.29, 0.717) is 62.9 Å². The summed E-state index contributed by atoms with van der Waals surface area (Å²) in [5.41, 5.74) is 0.342. The number of aromatic carboxylic acids is 1. The number of carboxylic acids is 1. The van der Waals surface area contributed by atoms with Crippen LogP contribution >= 0.6 is 12.4 Å². The average Bonchev–Trinajstić information content (AvgIpc) is 3.05. The minimum Gasteiger partial charge on any atom is -0.490 e. The van der Waals surface area contributed by atoms with Gasteiger partial charge in [0.05, 0.1) is 18.3 Å². The van der Waals surface area contributed by atoms with Gasteiger partial charge in [0.25, 0.3) is 0 Å². The summed E-state index contributed by atoms with van der Waals surface area (Å²) >= 11 is 0. The number of aliphatic hydroxyl groups is 1. The van der Waals surface area contributed by atoms with Crippen LogP contribution in [0.4, 0.5) is 0 Å². The second kappa shape index (κ2) is 16.0. The molecule has 1 spiro atoms. The summed E-state index contributed by atoms with van der Waals surface area (Å²) in [6.45, 7) is 6.86. The van der Waals surface area contributed by atoms with Crippen LogP contribution in [0, 0.1) is 5.92 Å². The van der Waals surface area contributed by atoms with Crippen LogP contribution in [-0.2, 0) is 16.1 Å². The van der Waals surface area contributed by atoms with Crippen LogP contribution in [0.5, 0.6) is 17.2 Å². The molecule has 2 aromatic carbocycles. The van der Waals surface area contributed by atoms with Crippen LogP contribution in [0.2, 0.25) is 0 Å². The molecule has 0 unspecified atom stereocenters. The molecule has 0 radical (unpaired) electrons. The van der Waals surface area contributed by atoms with E-state index in [0.717, 1.165) is 50.5 Å². The van der Waals surface area contributed by atoms with Crippen molar-refractivity contribution in [2.75, 3.05) is 26.2 Å². The Hall–Kier alpha value is -3.34. The molecule has 10 nitrogen and oxygen atoms in total. The van der Waals surface area contributed by atoms with E-state index in [1.807, 2.05) is 36.1 Å². The number of unbranched alkanes of at least 4 members (excludes halogenated alkanes) is 1. The Bertz CT molecular complexity index is 1340. The Morgan fingerprint density at radius 1 is 1.02 bits per heavy atom. The third-order valence-corrected chi connectivity index (χ3v) is 9.70. The Morgan fingerprint density at radius 2 is 1.72 bits per heavy atom. The first-order valence-corrected chi connectivity index (χ1v) is 16.6. The number of likely N-dealkylation sites (tertiary alicyclic amines) is 1.